The van der Waals surface area contributed by atoms with Crippen molar-refractivity contribution in [2.24, 2.45) is 5.11 Å². The minimum atomic E-state index is -0.506. The number of ether oxygens (including phenoxy) is 4. The third kappa shape index (κ3) is 4.04. The number of rotatable bonds is 5. The van der Waals surface area contributed by atoms with Gasteiger partial charge < -0.3 is 18.9 Å². The largest absolute Gasteiger partial charge is 0.370 e. The third-order valence-corrected chi connectivity index (χ3v) is 5.13. The maximum Gasteiger partial charge on any atom is 0.184 e. The van der Waals surface area contributed by atoms with Crippen molar-refractivity contribution in [2.75, 3.05) is 6.61 Å². The number of fused-ring (bicyclic) bond motifs is 1. The van der Waals surface area contributed by atoms with Gasteiger partial charge in [-0.1, -0.05) is 65.8 Å². The van der Waals surface area contributed by atoms with Gasteiger partial charge in [0.1, 0.15) is 12.2 Å². The summed E-state index contributed by atoms with van der Waals surface area (Å²) in [5.74, 6) is 0. The molecule has 0 aromatic heterocycles. The van der Waals surface area contributed by atoms with Crippen LogP contribution in [0.3, 0.4) is 0 Å². The molecule has 4 rings (SSSR count). The Morgan fingerprint density at radius 2 is 1.79 bits per heavy atom. The van der Waals surface area contributed by atoms with Crippen LogP contribution < -0.4 is 0 Å². The zero-order valence-electron chi connectivity index (χ0n) is 15.6. The summed E-state index contributed by atoms with van der Waals surface area (Å²) in [5.41, 5.74) is 11.0. The summed E-state index contributed by atoms with van der Waals surface area (Å²) in [7, 11) is 0. The second-order valence-corrected chi connectivity index (χ2v) is 7.01. The van der Waals surface area contributed by atoms with Crippen molar-refractivity contribution in [3.05, 3.63) is 82.2 Å². The number of azide groups is 1. The molecule has 7 heteroatoms. The van der Waals surface area contributed by atoms with Crippen LogP contribution in [0.25, 0.3) is 10.4 Å². The van der Waals surface area contributed by atoms with Crippen LogP contribution in [0.1, 0.15) is 24.3 Å². The molecule has 0 spiro atoms. The lowest BCUT2D eigenvalue weighted by Gasteiger charge is -2.47. The van der Waals surface area contributed by atoms with Gasteiger partial charge in [-0.25, -0.2) is 0 Å². The van der Waals surface area contributed by atoms with E-state index in [1.807, 2.05) is 67.6 Å². The van der Waals surface area contributed by atoms with Crippen LogP contribution in [0.15, 0.2) is 65.8 Å². The predicted molar refractivity (Wildman–Crippen MR) is 102 cm³/mol. The zero-order valence-corrected chi connectivity index (χ0v) is 15.6. The van der Waals surface area contributed by atoms with E-state index in [-0.39, 0.29) is 12.2 Å². The van der Waals surface area contributed by atoms with E-state index < -0.39 is 24.5 Å². The lowest BCUT2D eigenvalue weighted by molar-refractivity contribution is -0.317. The molecule has 3 unspecified atom stereocenters. The van der Waals surface area contributed by atoms with Crippen LogP contribution in [-0.2, 0) is 25.6 Å². The topological polar surface area (TPSA) is 85.7 Å². The molecule has 7 nitrogen and oxygen atoms in total. The van der Waals surface area contributed by atoms with Gasteiger partial charge in [-0.05, 0) is 18.0 Å². The summed E-state index contributed by atoms with van der Waals surface area (Å²) in [4.78, 5) is 3.01. The van der Waals surface area contributed by atoms with E-state index in [4.69, 9.17) is 24.5 Å². The first kappa shape index (κ1) is 18.9. The quantitative estimate of drug-likeness (QED) is 0.442. The van der Waals surface area contributed by atoms with E-state index in [0.717, 1.165) is 11.1 Å². The maximum absolute atomic E-state index is 9.05. The molecule has 0 aliphatic carbocycles. The SMILES string of the molecule is C[C@H]1OC2COC(c3ccccc3)O[C@H]2[C@@H](OCc2ccccc2)C1N=[N+]=[N-]. The fourth-order valence-corrected chi connectivity index (χ4v) is 3.73. The monoisotopic (exact) mass is 381 g/mol. The maximum atomic E-state index is 9.05. The Morgan fingerprint density at radius 1 is 1.07 bits per heavy atom. The van der Waals surface area contributed by atoms with Crippen molar-refractivity contribution in [3.63, 3.8) is 0 Å². The molecular weight excluding hydrogens is 358 g/mol. The van der Waals surface area contributed by atoms with E-state index in [9.17, 15) is 0 Å². The molecule has 6 atom stereocenters. The molecule has 0 radical (unpaired) electrons. The number of nitrogens with zero attached hydrogens (tertiary/aromatic N) is 3. The highest BCUT2D eigenvalue weighted by Crippen LogP contribution is 2.36. The van der Waals surface area contributed by atoms with Crippen LogP contribution in [0.5, 0.6) is 0 Å². The molecule has 0 saturated carbocycles. The molecule has 2 aliphatic heterocycles. The van der Waals surface area contributed by atoms with Crippen LogP contribution in [0.4, 0.5) is 0 Å². The van der Waals surface area contributed by atoms with Crippen LogP contribution in [-0.4, -0.2) is 37.1 Å². The highest BCUT2D eigenvalue weighted by atomic mass is 16.7. The van der Waals surface area contributed by atoms with Gasteiger partial charge in [0.05, 0.1) is 31.5 Å². The lowest BCUT2D eigenvalue weighted by atomic mass is 9.93. The van der Waals surface area contributed by atoms with Crippen LogP contribution in [0, 0.1) is 0 Å². The van der Waals surface area contributed by atoms with E-state index in [2.05, 4.69) is 10.0 Å². The lowest BCUT2D eigenvalue weighted by Crippen LogP contribution is -2.61. The molecule has 2 aromatic rings. The van der Waals surface area contributed by atoms with Gasteiger partial charge >= 0.3 is 0 Å². The Balaban J connectivity index is 1.56. The number of benzene rings is 2. The fourth-order valence-electron chi connectivity index (χ4n) is 3.73. The normalized spacial score (nSPS) is 32.2. The number of hydrogen-bond acceptors (Lipinski definition) is 5. The number of hydrogen-bond donors (Lipinski definition) is 0. The zero-order chi connectivity index (χ0) is 19.3. The predicted octanol–water partition coefficient (Wildman–Crippen LogP) is 4.15. The van der Waals surface area contributed by atoms with Gasteiger partial charge in [-0.3, -0.25) is 0 Å². The molecule has 2 saturated heterocycles. The molecule has 28 heavy (non-hydrogen) atoms. The molecule has 2 heterocycles. The van der Waals surface area contributed by atoms with Crippen molar-refractivity contribution in [3.8, 4) is 0 Å². The molecule has 2 aromatic carbocycles. The molecule has 2 aliphatic rings. The first-order chi connectivity index (χ1) is 13.8. The van der Waals surface area contributed by atoms with E-state index in [1.165, 1.54) is 0 Å². The molecule has 2 fully saturated rings. The minimum absolute atomic E-state index is 0.277. The van der Waals surface area contributed by atoms with Crippen molar-refractivity contribution in [2.45, 2.75) is 50.3 Å². The molecular formula is C21H23N3O4. The van der Waals surface area contributed by atoms with Crippen molar-refractivity contribution < 1.29 is 18.9 Å². The van der Waals surface area contributed by atoms with Gasteiger partial charge in [-0.2, -0.15) is 0 Å². The van der Waals surface area contributed by atoms with Crippen LogP contribution >= 0.6 is 0 Å². The fraction of sp³-hybridized carbons (Fsp3) is 0.429. The van der Waals surface area contributed by atoms with Crippen LogP contribution in [0.2, 0.25) is 0 Å². The van der Waals surface area contributed by atoms with Gasteiger partial charge in [0.15, 0.2) is 6.29 Å². The Morgan fingerprint density at radius 3 is 2.50 bits per heavy atom. The standard InChI is InChI=1S/C21H23N3O4/c1-14-18(23-24-22)20(25-12-15-8-4-2-5-9-15)19-17(27-14)13-26-21(28-19)16-10-6-3-7-11-16/h2-11,14,17-21H,12-13H2,1H3/t14-,17?,18?,19-,20+,21?/m1/s1. The highest BCUT2D eigenvalue weighted by molar-refractivity contribution is 5.17. The molecule has 0 amide bonds. The third-order valence-electron chi connectivity index (χ3n) is 5.13. The van der Waals surface area contributed by atoms with Gasteiger partial charge in [0.25, 0.3) is 0 Å². The van der Waals surface area contributed by atoms with Crippen molar-refractivity contribution in [1.29, 1.82) is 0 Å². The summed E-state index contributed by atoms with van der Waals surface area (Å²) in [6.45, 7) is 2.68. The van der Waals surface area contributed by atoms with Gasteiger partial charge in [-0.15, -0.1) is 0 Å². The Kier molecular flexibility index (Phi) is 5.90. The highest BCUT2D eigenvalue weighted by Gasteiger charge is 2.49. The average molecular weight is 381 g/mol. The first-order valence-corrected chi connectivity index (χ1v) is 9.43. The second kappa shape index (κ2) is 8.73. The molecule has 0 bridgehead atoms. The van der Waals surface area contributed by atoms with Gasteiger partial charge in [0.2, 0.25) is 0 Å². The molecule has 0 N–H and O–H groups in total. The van der Waals surface area contributed by atoms with E-state index in [1.54, 1.807) is 0 Å². The Bertz CT molecular complexity index is 813. The van der Waals surface area contributed by atoms with Crippen molar-refractivity contribution in [1.82, 2.24) is 0 Å². The summed E-state index contributed by atoms with van der Waals surface area (Å²) in [6.07, 6.45) is -1.90. The smallest absolute Gasteiger partial charge is 0.184 e. The molecule has 146 valence electrons. The summed E-state index contributed by atoms with van der Waals surface area (Å²) in [6, 6.07) is 19.2. The Labute approximate surface area is 163 Å². The second-order valence-electron chi connectivity index (χ2n) is 7.01. The first-order valence-electron chi connectivity index (χ1n) is 9.43. The minimum Gasteiger partial charge on any atom is -0.370 e. The average Bonchev–Trinajstić information content (AvgIpc) is 2.75. The Hall–Kier alpha value is -2.41. The van der Waals surface area contributed by atoms with Gasteiger partial charge in [0, 0.05) is 10.5 Å². The van der Waals surface area contributed by atoms with Crippen molar-refractivity contribution >= 4 is 0 Å². The summed E-state index contributed by atoms with van der Waals surface area (Å²) < 4.78 is 24.4. The van der Waals surface area contributed by atoms with E-state index in [0.29, 0.717) is 13.2 Å². The summed E-state index contributed by atoms with van der Waals surface area (Å²) in [5, 5.41) is 3.96. The summed E-state index contributed by atoms with van der Waals surface area (Å²) >= 11 is 0. The van der Waals surface area contributed by atoms with E-state index >= 15 is 0 Å².